The van der Waals surface area contributed by atoms with Crippen molar-refractivity contribution in [2.75, 3.05) is 14.2 Å². The maximum Gasteiger partial charge on any atom is 0.133 e. The van der Waals surface area contributed by atoms with E-state index in [0.29, 0.717) is 0 Å². The molecule has 0 heterocycles. The van der Waals surface area contributed by atoms with Crippen molar-refractivity contribution >= 4 is 0 Å². The summed E-state index contributed by atoms with van der Waals surface area (Å²) < 4.78 is 17.3. The first-order chi connectivity index (χ1) is 14.2. The Kier molecular flexibility index (Phi) is 6.40. The molecule has 3 aromatic carbocycles. The first-order valence-electron chi connectivity index (χ1n) is 10.3. The van der Waals surface area contributed by atoms with Crippen LogP contribution in [0.4, 0.5) is 0 Å². The first kappa shape index (κ1) is 21.8. The monoisotopic (exact) mass is 404 g/mol. The lowest BCUT2D eigenvalue weighted by Gasteiger charge is -2.17. The Hall–Kier alpha value is -2.94. The maximum atomic E-state index is 6.30. The summed E-state index contributed by atoms with van der Waals surface area (Å²) in [5, 5.41) is 0. The Balaban J connectivity index is 1.88. The summed E-state index contributed by atoms with van der Waals surface area (Å²) in [5.41, 5.74) is 9.34. The van der Waals surface area contributed by atoms with Crippen molar-refractivity contribution in [1.82, 2.24) is 0 Å². The van der Waals surface area contributed by atoms with Gasteiger partial charge in [-0.15, -0.1) is 0 Å². The summed E-state index contributed by atoms with van der Waals surface area (Å²) in [6, 6.07) is 12.9. The van der Waals surface area contributed by atoms with Gasteiger partial charge in [0, 0.05) is 0 Å². The third-order valence-electron chi connectivity index (χ3n) is 5.51. The van der Waals surface area contributed by atoms with Crippen LogP contribution in [-0.2, 0) is 6.42 Å². The van der Waals surface area contributed by atoms with E-state index >= 15 is 0 Å². The zero-order valence-corrected chi connectivity index (χ0v) is 19.4. The van der Waals surface area contributed by atoms with Crippen molar-refractivity contribution in [2.24, 2.45) is 0 Å². The third-order valence-corrected chi connectivity index (χ3v) is 5.51. The highest BCUT2D eigenvalue weighted by molar-refractivity contribution is 5.51. The summed E-state index contributed by atoms with van der Waals surface area (Å²) >= 11 is 0. The Morgan fingerprint density at radius 1 is 0.500 bits per heavy atom. The lowest BCUT2D eigenvalue weighted by atomic mass is 9.97. The highest BCUT2D eigenvalue weighted by atomic mass is 16.5. The molecule has 0 amide bonds. The van der Waals surface area contributed by atoms with Crippen LogP contribution in [0.25, 0.3) is 0 Å². The molecule has 0 saturated heterocycles. The van der Waals surface area contributed by atoms with Gasteiger partial charge in [0.05, 0.1) is 14.2 Å². The molecule has 30 heavy (non-hydrogen) atoms. The van der Waals surface area contributed by atoms with Gasteiger partial charge in [0.2, 0.25) is 0 Å². The van der Waals surface area contributed by atoms with Crippen LogP contribution < -0.4 is 14.2 Å². The van der Waals surface area contributed by atoms with E-state index in [-0.39, 0.29) is 0 Å². The lowest BCUT2D eigenvalue weighted by Crippen LogP contribution is -1.98. The fourth-order valence-electron chi connectivity index (χ4n) is 4.41. The van der Waals surface area contributed by atoms with E-state index in [1.54, 1.807) is 14.2 Å². The number of ether oxygens (including phenoxy) is 3. The largest absolute Gasteiger partial charge is 0.496 e. The number of rotatable bonds is 6. The van der Waals surface area contributed by atoms with E-state index in [1.165, 1.54) is 22.3 Å². The molecular formula is C27H32O3. The minimum atomic E-state index is 0.839. The van der Waals surface area contributed by atoms with Crippen LogP contribution >= 0.6 is 0 Å². The van der Waals surface area contributed by atoms with E-state index < -0.39 is 0 Å². The van der Waals surface area contributed by atoms with Gasteiger partial charge in [-0.05, 0) is 105 Å². The molecule has 3 nitrogen and oxygen atoms in total. The zero-order valence-electron chi connectivity index (χ0n) is 19.4. The van der Waals surface area contributed by atoms with Crippen molar-refractivity contribution in [3.05, 3.63) is 80.9 Å². The Morgan fingerprint density at radius 2 is 0.833 bits per heavy atom. The van der Waals surface area contributed by atoms with E-state index in [4.69, 9.17) is 14.2 Å². The minimum absolute atomic E-state index is 0.839. The number of hydrogen-bond acceptors (Lipinski definition) is 3. The summed E-state index contributed by atoms with van der Waals surface area (Å²) in [4.78, 5) is 0. The first-order valence-corrected chi connectivity index (χ1v) is 10.3. The minimum Gasteiger partial charge on any atom is -0.496 e. The molecule has 0 aromatic heterocycles. The van der Waals surface area contributed by atoms with Crippen molar-refractivity contribution in [3.63, 3.8) is 0 Å². The number of aryl methyl sites for hydroxylation is 6. The smallest absolute Gasteiger partial charge is 0.133 e. The highest BCUT2D eigenvalue weighted by Crippen LogP contribution is 2.35. The van der Waals surface area contributed by atoms with Crippen LogP contribution in [-0.4, -0.2) is 14.2 Å². The molecule has 0 atom stereocenters. The van der Waals surface area contributed by atoms with Crippen molar-refractivity contribution in [3.8, 4) is 23.0 Å². The molecule has 0 radical (unpaired) electrons. The quantitative estimate of drug-likeness (QED) is 0.445. The fraction of sp³-hybridized carbons (Fsp3) is 0.333. The van der Waals surface area contributed by atoms with Crippen molar-refractivity contribution < 1.29 is 14.2 Å². The molecule has 0 unspecified atom stereocenters. The molecule has 0 aliphatic carbocycles. The van der Waals surface area contributed by atoms with E-state index in [0.717, 1.165) is 51.7 Å². The predicted octanol–water partition coefficient (Wildman–Crippen LogP) is 6.94. The summed E-state index contributed by atoms with van der Waals surface area (Å²) in [7, 11) is 3.43. The molecule has 3 rings (SSSR count). The predicted molar refractivity (Wildman–Crippen MR) is 124 cm³/mol. The number of hydrogen-bond donors (Lipinski definition) is 0. The maximum absolute atomic E-state index is 6.30. The normalized spacial score (nSPS) is 10.8. The van der Waals surface area contributed by atoms with Gasteiger partial charge in [0.1, 0.15) is 23.0 Å². The van der Waals surface area contributed by atoms with Gasteiger partial charge >= 0.3 is 0 Å². The van der Waals surface area contributed by atoms with Gasteiger partial charge in [-0.2, -0.15) is 0 Å². The second-order valence-corrected chi connectivity index (χ2v) is 8.19. The Bertz CT molecular complexity index is 1010. The second-order valence-electron chi connectivity index (χ2n) is 8.19. The molecule has 0 N–H and O–H groups in total. The molecule has 158 valence electrons. The van der Waals surface area contributed by atoms with E-state index in [2.05, 4.69) is 52.0 Å². The molecule has 0 aliphatic heterocycles. The zero-order chi connectivity index (χ0) is 22.0. The van der Waals surface area contributed by atoms with E-state index in [9.17, 15) is 0 Å². The highest BCUT2D eigenvalue weighted by Gasteiger charge is 2.12. The molecule has 0 fully saturated rings. The number of benzene rings is 3. The SMILES string of the molecule is COc1c(C)cc(Cc2cc(C)c(Oc3cc(C)c(OC)c(C)c3)c(C)c2)cc1C. The van der Waals surface area contributed by atoms with Crippen LogP contribution in [0.2, 0.25) is 0 Å². The summed E-state index contributed by atoms with van der Waals surface area (Å²) in [6.07, 6.45) is 0.883. The standard InChI is InChI=1S/C27H32O3/c1-16-9-22(10-17(2)25(16)28-7)15-23-11-18(3)27(19(4)12-23)30-24-13-20(5)26(29-8)21(6)14-24/h9-14H,15H2,1-8H3. The van der Waals surface area contributed by atoms with Crippen LogP contribution in [0.15, 0.2) is 36.4 Å². The van der Waals surface area contributed by atoms with Crippen LogP contribution in [0.5, 0.6) is 23.0 Å². The third kappa shape index (κ3) is 4.46. The molecular weight excluding hydrogens is 372 g/mol. The Morgan fingerprint density at radius 3 is 1.20 bits per heavy atom. The van der Waals surface area contributed by atoms with Gasteiger partial charge in [-0.25, -0.2) is 0 Å². The molecule has 3 aromatic rings. The molecule has 3 heteroatoms. The van der Waals surface area contributed by atoms with Crippen molar-refractivity contribution in [2.45, 2.75) is 48.0 Å². The number of methoxy groups -OCH3 is 2. The molecule has 0 spiro atoms. The summed E-state index contributed by atoms with van der Waals surface area (Å²) in [5.74, 6) is 3.65. The average Bonchev–Trinajstić information content (AvgIpc) is 2.64. The molecule has 0 bridgehead atoms. The molecule has 0 saturated carbocycles. The van der Waals surface area contributed by atoms with Crippen LogP contribution in [0, 0.1) is 41.5 Å². The van der Waals surface area contributed by atoms with Gasteiger partial charge in [0.25, 0.3) is 0 Å². The Labute approximate surface area is 180 Å². The van der Waals surface area contributed by atoms with E-state index in [1.807, 2.05) is 26.0 Å². The van der Waals surface area contributed by atoms with Gasteiger partial charge in [-0.1, -0.05) is 24.3 Å². The lowest BCUT2D eigenvalue weighted by molar-refractivity contribution is 0.406. The summed E-state index contributed by atoms with van der Waals surface area (Å²) in [6.45, 7) is 12.5. The topological polar surface area (TPSA) is 27.7 Å². The fourth-order valence-corrected chi connectivity index (χ4v) is 4.41. The molecule has 0 aliphatic rings. The van der Waals surface area contributed by atoms with Gasteiger partial charge in [-0.3, -0.25) is 0 Å². The van der Waals surface area contributed by atoms with Gasteiger partial charge < -0.3 is 14.2 Å². The second kappa shape index (κ2) is 8.83. The van der Waals surface area contributed by atoms with Crippen molar-refractivity contribution in [1.29, 1.82) is 0 Å². The van der Waals surface area contributed by atoms with Crippen LogP contribution in [0.1, 0.15) is 44.5 Å². The average molecular weight is 405 g/mol. The van der Waals surface area contributed by atoms with Crippen LogP contribution in [0.3, 0.4) is 0 Å². The van der Waals surface area contributed by atoms with Gasteiger partial charge in [0.15, 0.2) is 0 Å².